The second kappa shape index (κ2) is 11.5. The minimum atomic E-state index is 0. The molecule has 5 nitrogen and oxygen atoms in total. The van der Waals surface area contributed by atoms with Crippen LogP contribution in [0.1, 0.15) is 38.8 Å². The van der Waals surface area contributed by atoms with Crippen molar-refractivity contribution in [1.82, 2.24) is 15.6 Å². The van der Waals surface area contributed by atoms with E-state index in [-0.39, 0.29) is 24.0 Å². The van der Waals surface area contributed by atoms with Crippen molar-refractivity contribution in [2.45, 2.75) is 39.7 Å². The van der Waals surface area contributed by atoms with Gasteiger partial charge in [-0.25, -0.2) is 4.98 Å². The highest BCUT2D eigenvalue weighted by Crippen LogP contribution is 2.23. The number of halogens is 1. The van der Waals surface area contributed by atoms with E-state index in [0.717, 1.165) is 35.4 Å². The summed E-state index contributed by atoms with van der Waals surface area (Å²) in [6.07, 6.45) is 5.37. The Kier molecular flexibility index (Phi) is 10.0. The summed E-state index contributed by atoms with van der Waals surface area (Å²) in [5, 5.41) is 8.61. The lowest BCUT2D eigenvalue weighted by atomic mass is 10.1. The van der Waals surface area contributed by atoms with Gasteiger partial charge in [-0.15, -0.1) is 35.3 Å². The van der Waals surface area contributed by atoms with Gasteiger partial charge in [-0.05, 0) is 23.8 Å². The van der Waals surface area contributed by atoms with Gasteiger partial charge >= 0.3 is 0 Å². The summed E-state index contributed by atoms with van der Waals surface area (Å²) in [6.45, 7) is 6.05. The van der Waals surface area contributed by atoms with E-state index in [9.17, 15) is 0 Å². The molecule has 2 N–H and O–H groups in total. The Morgan fingerprint density at radius 1 is 1.33 bits per heavy atom. The maximum Gasteiger partial charge on any atom is 0.236 e. The van der Waals surface area contributed by atoms with Gasteiger partial charge in [0.05, 0.1) is 17.1 Å². The van der Waals surface area contributed by atoms with E-state index in [4.69, 9.17) is 4.42 Å². The van der Waals surface area contributed by atoms with Gasteiger partial charge in [0.1, 0.15) is 6.26 Å². The molecule has 0 aromatic carbocycles. The topological polar surface area (TPSA) is 62.5 Å². The molecule has 0 bridgehead atoms. The molecule has 0 atom stereocenters. The Morgan fingerprint density at radius 2 is 2.17 bits per heavy atom. The molecule has 0 spiro atoms. The molecule has 2 rings (SSSR count). The summed E-state index contributed by atoms with van der Waals surface area (Å²) in [6, 6.07) is 4.00. The van der Waals surface area contributed by atoms with Crippen molar-refractivity contribution in [2.75, 3.05) is 13.6 Å². The van der Waals surface area contributed by atoms with Gasteiger partial charge in [0.2, 0.25) is 5.89 Å². The van der Waals surface area contributed by atoms with Crippen LogP contribution in [0.2, 0.25) is 0 Å². The van der Waals surface area contributed by atoms with Crippen LogP contribution in [0.3, 0.4) is 0 Å². The predicted molar refractivity (Wildman–Crippen MR) is 112 cm³/mol. The highest BCUT2D eigenvalue weighted by Gasteiger charge is 2.08. The molecule has 0 saturated carbocycles. The largest absolute Gasteiger partial charge is 0.443 e. The number of aromatic nitrogens is 1. The second-order valence-corrected chi connectivity index (χ2v) is 6.81. The average molecular weight is 462 g/mol. The molecule has 0 fully saturated rings. The summed E-state index contributed by atoms with van der Waals surface area (Å²) in [4.78, 5) is 9.76. The number of oxazole rings is 1. The predicted octanol–water partition coefficient (Wildman–Crippen LogP) is 4.51. The summed E-state index contributed by atoms with van der Waals surface area (Å²) < 4.78 is 5.51. The smallest absolute Gasteiger partial charge is 0.236 e. The number of rotatable bonds is 8. The molecule has 2 aromatic heterocycles. The van der Waals surface area contributed by atoms with Crippen LogP contribution < -0.4 is 10.6 Å². The lowest BCUT2D eigenvalue weighted by Crippen LogP contribution is -2.37. The first-order valence-electron chi connectivity index (χ1n) is 8.12. The van der Waals surface area contributed by atoms with E-state index >= 15 is 0 Å². The molecule has 0 radical (unpaired) electrons. The van der Waals surface area contributed by atoms with Gasteiger partial charge < -0.3 is 15.1 Å². The second-order valence-electron chi connectivity index (χ2n) is 5.86. The SMILES string of the molecule is CN=C(NCCCCC(C)C)NCc1coc(-c2cccs2)n1.I. The third-order valence-corrected chi connectivity index (χ3v) is 4.30. The fourth-order valence-electron chi connectivity index (χ4n) is 2.18. The summed E-state index contributed by atoms with van der Waals surface area (Å²) in [5.41, 5.74) is 0.871. The highest BCUT2D eigenvalue weighted by atomic mass is 127. The zero-order valence-corrected chi connectivity index (χ0v) is 17.7. The van der Waals surface area contributed by atoms with Crippen molar-refractivity contribution in [3.8, 4) is 10.8 Å². The molecule has 0 aliphatic heterocycles. The molecule has 134 valence electrons. The number of nitrogens with zero attached hydrogens (tertiary/aromatic N) is 2. The quantitative estimate of drug-likeness (QED) is 0.262. The number of thiophene rings is 1. The summed E-state index contributed by atoms with van der Waals surface area (Å²) in [7, 11) is 1.78. The number of hydrogen-bond donors (Lipinski definition) is 2. The van der Waals surface area contributed by atoms with Gasteiger partial charge in [0, 0.05) is 13.6 Å². The molecule has 0 unspecified atom stereocenters. The van der Waals surface area contributed by atoms with Gasteiger partial charge in [0.25, 0.3) is 0 Å². The van der Waals surface area contributed by atoms with Crippen molar-refractivity contribution in [3.05, 3.63) is 29.5 Å². The molecule has 0 aliphatic rings. The average Bonchev–Trinajstić information content (AvgIpc) is 3.20. The Morgan fingerprint density at radius 3 is 2.83 bits per heavy atom. The van der Waals surface area contributed by atoms with E-state index < -0.39 is 0 Å². The van der Waals surface area contributed by atoms with E-state index in [2.05, 4.69) is 34.5 Å². The van der Waals surface area contributed by atoms with Crippen LogP contribution in [0, 0.1) is 5.92 Å². The molecule has 2 heterocycles. The third kappa shape index (κ3) is 7.21. The van der Waals surface area contributed by atoms with Crippen molar-refractivity contribution >= 4 is 41.3 Å². The molecule has 7 heteroatoms. The maximum atomic E-state index is 5.51. The zero-order chi connectivity index (χ0) is 16.5. The van der Waals surface area contributed by atoms with Crippen LogP contribution in [0.15, 0.2) is 33.2 Å². The van der Waals surface area contributed by atoms with Crippen LogP contribution >= 0.6 is 35.3 Å². The van der Waals surface area contributed by atoms with E-state index in [1.54, 1.807) is 24.6 Å². The van der Waals surface area contributed by atoms with Crippen LogP contribution in [0.5, 0.6) is 0 Å². The fourth-order valence-corrected chi connectivity index (χ4v) is 2.84. The summed E-state index contributed by atoms with van der Waals surface area (Å²) in [5.74, 6) is 2.25. The Labute approximate surface area is 165 Å². The zero-order valence-electron chi connectivity index (χ0n) is 14.5. The molecule has 0 amide bonds. The van der Waals surface area contributed by atoms with Gasteiger partial charge in [0.15, 0.2) is 5.96 Å². The van der Waals surface area contributed by atoms with E-state index in [1.165, 1.54) is 12.8 Å². The van der Waals surface area contributed by atoms with Gasteiger partial charge in [-0.1, -0.05) is 32.8 Å². The molecular weight excluding hydrogens is 435 g/mol. The van der Waals surface area contributed by atoms with Crippen molar-refractivity contribution in [1.29, 1.82) is 0 Å². The standard InChI is InChI=1S/C17H26N4OS.HI/c1-13(2)7-4-5-9-19-17(18-3)20-11-14-12-22-16(21-14)15-8-6-10-23-15;/h6,8,10,12-13H,4-5,7,9,11H2,1-3H3,(H2,18,19,20);1H. The maximum absolute atomic E-state index is 5.51. The van der Waals surface area contributed by atoms with E-state index in [0.29, 0.717) is 12.4 Å². The summed E-state index contributed by atoms with van der Waals surface area (Å²) >= 11 is 1.62. The number of unbranched alkanes of at least 4 members (excludes halogenated alkanes) is 1. The monoisotopic (exact) mass is 462 g/mol. The van der Waals surface area contributed by atoms with Crippen LogP contribution in [-0.2, 0) is 6.54 Å². The van der Waals surface area contributed by atoms with Crippen LogP contribution in [-0.4, -0.2) is 24.5 Å². The van der Waals surface area contributed by atoms with E-state index in [1.807, 2.05) is 17.5 Å². The van der Waals surface area contributed by atoms with Crippen molar-refractivity contribution < 1.29 is 4.42 Å². The van der Waals surface area contributed by atoms with Crippen molar-refractivity contribution in [3.63, 3.8) is 0 Å². The first-order chi connectivity index (χ1) is 11.2. The number of guanidine groups is 1. The Bertz CT molecular complexity index is 596. The molecule has 2 aromatic rings. The lowest BCUT2D eigenvalue weighted by Gasteiger charge is -2.11. The molecular formula is C17H27IN4OS. The molecule has 0 aliphatic carbocycles. The Hall–Kier alpha value is -1.09. The molecule has 0 saturated heterocycles. The number of nitrogens with one attached hydrogen (secondary N) is 2. The van der Waals surface area contributed by atoms with Gasteiger partial charge in [-0.3, -0.25) is 4.99 Å². The van der Waals surface area contributed by atoms with Crippen LogP contribution in [0.4, 0.5) is 0 Å². The minimum Gasteiger partial charge on any atom is -0.443 e. The molecule has 24 heavy (non-hydrogen) atoms. The number of hydrogen-bond acceptors (Lipinski definition) is 4. The number of aliphatic imine (C=N–C) groups is 1. The minimum absolute atomic E-state index is 0. The van der Waals surface area contributed by atoms with Gasteiger partial charge in [-0.2, -0.15) is 0 Å². The fraction of sp³-hybridized carbons (Fsp3) is 0.529. The third-order valence-electron chi connectivity index (χ3n) is 3.44. The van der Waals surface area contributed by atoms with Crippen LogP contribution in [0.25, 0.3) is 10.8 Å². The normalized spacial score (nSPS) is 11.4. The highest BCUT2D eigenvalue weighted by molar-refractivity contribution is 14.0. The lowest BCUT2D eigenvalue weighted by molar-refractivity contribution is 0.534. The van der Waals surface area contributed by atoms with Crippen molar-refractivity contribution in [2.24, 2.45) is 10.9 Å². The Balaban J connectivity index is 0.00000288. The first kappa shape index (κ1) is 21.0. The first-order valence-corrected chi connectivity index (χ1v) is 8.99.